The Labute approximate surface area is 157 Å². The summed E-state index contributed by atoms with van der Waals surface area (Å²) in [5.41, 5.74) is 1.19. The van der Waals surface area contributed by atoms with Crippen molar-refractivity contribution in [2.45, 2.75) is 26.7 Å². The second kappa shape index (κ2) is 9.76. The van der Waals surface area contributed by atoms with E-state index in [4.69, 9.17) is 4.74 Å². The first kappa shape index (κ1) is 19.7. The molecule has 0 radical (unpaired) electrons. The molecule has 0 fully saturated rings. The minimum Gasteiger partial charge on any atom is -0.495 e. The van der Waals surface area contributed by atoms with Gasteiger partial charge in [0.1, 0.15) is 5.75 Å². The normalized spacial score (nSPS) is 10.5. The Hall–Kier alpha value is -2.61. The van der Waals surface area contributed by atoms with E-state index in [0.717, 1.165) is 6.42 Å². The summed E-state index contributed by atoms with van der Waals surface area (Å²) in [6.07, 6.45) is 1.14. The lowest BCUT2D eigenvalue weighted by Crippen LogP contribution is -2.27. The van der Waals surface area contributed by atoms with Crippen LogP contribution in [0.3, 0.4) is 0 Å². The zero-order valence-corrected chi connectivity index (χ0v) is 16.0. The summed E-state index contributed by atoms with van der Waals surface area (Å²) >= 11 is 1.27. The summed E-state index contributed by atoms with van der Waals surface area (Å²) in [5.74, 6) is 1.05. The van der Waals surface area contributed by atoms with E-state index in [2.05, 4.69) is 34.8 Å². The number of anilines is 2. The van der Waals surface area contributed by atoms with Gasteiger partial charge >= 0.3 is 6.03 Å². The molecule has 2 aromatic rings. The summed E-state index contributed by atoms with van der Waals surface area (Å²) in [5, 5.41) is 10.4. The van der Waals surface area contributed by atoms with Crippen molar-refractivity contribution >= 4 is 34.1 Å². The van der Waals surface area contributed by atoms with Gasteiger partial charge in [0.15, 0.2) is 5.13 Å². The van der Waals surface area contributed by atoms with Crippen molar-refractivity contribution in [3.05, 3.63) is 35.3 Å². The van der Waals surface area contributed by atoms with Crippen LogP contribution in [0, 0.1) is 5.92 Å². The predicted octanol–water partition coefficient (Wildman–Crippen LogP) is 3.50. The third-order valence-corrected chi connectivity index (χ3v) is 4.32. The van der Waals surface area contributed by atoms with Gasteiger partial charge in [-0.1, -0.05) is 26.0 Å². The quantitative estimate of drug-likeness (QED) is 0.657. The zero-order valence-electron chi connectivity index (χ0n) is 15.2. The number of nitrogens with one attached hydrogen (secondary N) is 3. The maximum Gasteiger partial charge on any atom is 0.325 e. The van der Waals surface area contributed by atoms with Crippen molar-refractivity contribution < 1.29 is 14.3 Å². The molecule has 0 aliphatic heterocycles. The fourth-order valence-corrected chi connectivity index (χ4v) is 2.88. The van der Waals surface area contributed by atoms with E-state index in [9.17, 15) is 9.59 Å². The monoisotopic (exact) mass is 376 g/mol. The molecule has 0 saturated carbocycles. The van der Waals surface area contributed by atoms with Crippen LogP contribution in [0.4, 0.5) is 15.6 Å². The van der Waals surface area contributed by atoms with Crippen molar-refractivity contribution in [3.8, 4) is 5.75 Å². The molecule has 0 unspecified atom stereocenters. The highest BCUT2D eigenvalue weighted by Gasteiger charge is 2.11. The van der Waals surface area contributed by atoms with Crippen LogP contribution < -0.4 is 20.7 Å². The van der Waals surface area contributed by atoms with Gasteiger partial charge in [0.25, 0.3) is 0 Å². The molecule has 26 heavy (non-hydrogen) atoms. The largest absolute Gasteiger partial charge is 0.495 e. The van der Waals surface area contributed by atoms with Gasteiger partial charge < -0.3 is 15.4 Å². The number of carbonyl (C=O) groups excluding carboxylic acids is 2. The number of thiazole rings is 1. The van der Waals surface area contributed by atoms with Crippen LogP contribution in [0.2, 0.25) is 0 Å². The van der Waals surface area contributed by atoms with E-state index in [1.807, 2.05) is 6.07 Å². The molecule has 1 heterocycles. The molecule has 0 bridgehead atoms. The Morgan fingerprint density at radius 3 is 2.73 bits per heavy atom. The van der Waals surface area contributed by atoms with Crippen LogP contribution in [-0.4, -0.2) is 30.6 Å². The van der Waals surface area contributed by atoms with E-state index < -0.39 is 6.03 Å². The lowest BCUT2D eigenvalue weighted by Gasteiger charge is -2.09. The minimum atomic E-state index is -0.420. The number of hydrogen-bond acceptors (Lipinski definition) is 5. The first-order valence-corrected chi connectivity index (χ1v) is 9.28. The minimum absolute atomic E-state index is 0.0685. The van der Waals surface area contributed by atoms with E-state index >= 15 is 0 Å². The SMILES string of the molecule is COc1ccccc1NC(=O)Nc1nc(CC(=O)NCCC(C)C)cs1. The molecule has 0 atom stereocenters. The highest BCUT2D eigenvalue weighted by molar-refractivity contribution is 7.14. The maximum absolute atomic E-state index is 12.1. The zero-order chi connectivity index (χ0) is 18.9. The fourth-order valence-electron chi connectivity index (χ4n) is 2.17. The van der Waals surface area contributed by atoms with Gasteiger partial charge in [-0.05, 0) is 24.5 Å². The molecule has 7 nitrogen and oxygen atoms in total. The molecule has 0 spiro atoms. The van der Waals surface area contributed by atoms with Crippen LogP contribution in [0.1, 0.15) is 26.0 Å². The van der Waals surface area contributed by atoms with Crippen molar-refractivity contribution in [1.82, 2.24) is 10.3 Å². The number of benzene rings is 1. The second-order valence-corrected chi connectivity index (χ2v) is 6.99. The number of aromatic nitrogens is 1. The van der Waals surface area contributed by atoms with Crippen molar-refractivity contribution in [2.75, 3.05) is 24.3 Å². The van der Waals surface area contributed by atoms with Gasteiger partial charge in [0, 0.05) is 11.9 Å². The van der Waals surface area contributed by atoms with Gasteiger partial charge in [0.2, 0.25) is 5.91 Å². The van der Waals surface area contributed by atoms with Gasteiger partial charge in [-0.2, -0.15) is 0 Å². The molecule has 3 N–H and O–H groups in total. The molecule has 2 rings (SSSR count). The molecule has 0 aliphatic rings. The van der Waals surface area contributed by atoms with Crippen LogP contribution in [0.25, 0.3) is 0 Å². The Balaban J connectivity index is 1.83. The number of para-hydroxylation sites is 2. The topological polar surface area (TPSA) is 92.3 Å². The summed E-state index contributed by atoms with van der Waals surface area (Å²) in [7, 11) is 1.54. The van der Waals surface area contributed by atoms with E-state index in [-0.39, 0.29) is 12.3 Å². The molecule has 1 aromatic carbocycles. The molecule has 0 saturated heterocycles. The van der Waals surface area contributed by atoms with Crippen molar-refractivity contribution in [3.63, 3.8) is 0 Å². The number of urea groups is 1. The molecular formula is C18H24N4O3S. The van der Waals surface area contributed by atoms with Gasteiger partial charge in [-0.25, -0.2) is 9.78 Å². The molecule has 140 valence electrons. The number of amides is 3. The van der Waals surface area contributed by atoms with Gasteiger partial charge in [-0.3, -0.25) is 10.1 Å². The van der Waals surface area contributed by atoms with Crippen LogP contribution in [0.15, 0.2) is 29.6 Å². The number of nitrogens with zero attached hydrogens (tertiary/aromatic N) is 1. The number of rotatable bonds is 8. The lowest BCUT2D eigenvalue weighted by molar-refractivity contribution is -0.120. The van der Waals surface area contributed by atoms with Crippen LogP contribution in [-0.2, 0) is 11.2 Å². The smallest absolute Gasteiger partial charge is 0.325 e. The average Bonchev–Trinajstić information content (AvgIpc) is 3.01. The Kier molecular flexibility index (Phi) is 7.40. The van der Waals surface area contributed by atoms with E-state index in [1.54, 1.807) is 23.6 Å². The summed E-state index contributed by atoms with van der Waals surface area (Å²) in [6, 6.07) is 6.71. The highest BCUT2D eigenvalue weighted by atomic mass is 32.1. The third-order valence-electron chi connectivity index (χ3n) is 3.51. The van der Waals surface area contributed by atoms with Crippen molar-refractivity contribution in [1.29, 1.82) is 0 Å². The molecule has 3 amide bonds. The molecule has 1 aromatic heterocycles. The number of ether oxygens (including phenoxy) is 1. The standard InChI is InChI=1S/C18H24N4O3S/c1-12(2)8-9-19-16(23)10-13-11-26-18(20-13)22-17(24)21-14-6-4-5-7-15(14)25-3/h4-7,11-12H,8-10H2,1-3H3,(H,19,23)(H2,20,21,22,24). The van der Waals surface area contributed by atoms with Gasteiger partial charge in [0.05, 0.1) is 24.9 Å². The summed E-state index contributed by atoms with van der Waals surface area (Å²) in [6.45, 7) is 4.88. The molecular weight excluding hydrogens is 352 g/mol. The number of hydrogen-bond donors (Lipinski definition) is 3. The fraction of sp³-hybridized carbons (Fsp3) is 0.389. The Bertz CT molecular complexity index is 746. The highest BCUT2D eigenvalue weighted by Crippen LogP contribution is 2.23. The van der Waals surface area contributed by atoms with E-state index in [0.29, 0.717) is 34.7 Å². The molecule has 0 aliphatic carbocycles. The van der Waals surface area contributed by atoms with Crippen LogP contribution >= 0.6 is 11.3 Å². The number of carbonyl (C=O) groups is 2. The third kappa shape index (κ3) is 6.36. The summed E-state index contributed by atoms with van der Waals surface area (Å²) < 4.78 is 5.19. The van der Waals surface area contributed by atoms with Gasteiger partial charge in [-0.15, -0.1) is 11.3 Å². The first-order valence-electron chi connectivity index (χ1n) is 8.40. The van der Waals surface area contributed by atoms with E-state index in [1.165, 1.54) is 18.4 Å². The lowest BCUT2D eigenvalue weighted by atomic mass is 10.1. The Morgan fingerprint density at radius 1 is 1.23 bits per heavy atom. The Morgan fingerprint density at radius 2 is 2.00 bits per heavy atom. The second-order valence-electron chi connectivity index (χ2n) is 6.13. The van der Waals surface area contributed by atoms with Crippen LogP contribution in [0.5, 0.6) is 5.75 Å². The number of methoxy groups -OCH3 is 1. The maximum atomic E-state index is 12.1. The average molecular weight is 376 g/mol. The predicted molar refractivity (Wildman–Crippen MR) is 104 cm³/mol. The van der Waals surface area contributed by atoms with Crippen molar-refractivity contribution in [2.24, 2.45) is 5.92 Å². The summed E-state index contributed by atoms with van der Waals surface area (Å²) in [4.78, 5) is 28.2. The molecule has 8 heteroatoms. The first-order chi connectivity index (χ1) is 12.5.